The summed E-state index contributed by atoms with van der Waals surface area (Å²) in [6.07, 6.45) is 4.09. The third-order valence-corrected chi connectivity index (χ3v) is 4.15. The molecule has 0 spiro atoms. The fourth-order valence-electron chi connectivity index (χ4n) is 2.98. The van der Waals surface area contributed by atoms with Gasteiger partial charge in [0.05, 0.1) is 0 Å². The van der Waals surface area contributed by atoms with Crippen molar-refractivity contribution in [1.82, 2.24) is 10.6 Å². The van der Waals surface area contributed by atoms with E-state index in [-0.39, 0.29) is 23.6 Å². The number of anilines is 1. The number of nitrogens with one attached hydrogen (secondary N) is 3. The molecule has 0 saturated heterocycles. The lowest BCUT2D eigenvalue weighted by Crippen LogP contribution is -2.47. The van der Waals surface area contributed by atoms with Gasteiger partial charge in [0.2, 0.25) is 11.8 Å². The van der Waals surface area contributed by atoms with Crippen LogP contribution >= 0.6 is 0 Å². The van der Waals surface area contributed by atoms with E-state index in [0.29, 0.717) is 11.3 Å². The maximum Gasteiger partial charge on any atom is 0.251 e. The third kappa shape index (κ3) is 4.55. The van der Waals surface area contributed by atoms with E-state index in [1.54, 1.807) is 31.3 Å². The SMILES string of the molecule is CNC(=O)c1ccc(NC(=O)C(NC(C)=O)C2CCCC2)cc1. The summed E-state index contributed by atoms with van der Waals surface area (Å²) in [5.41, 5.74) is 1.13. The molecule has 1 aliphatic carbocycles. The first-order chi connectivity index (χ1) is 11.0. The highest BCUT2D eigenvalue weighted by molar-refractivity contribution is 5.98. The van der Waals surface area contributed by atoms with Crippen LogP contribution in [0.2, 0.25) is 0 Å². The smallest absolute Gasteiger partial charge is 0.251 e. The lowest BCUT2D eigenvalue weighted by atomic mass is 9.97. The van der Waals surface area contributed by atoms with Crippen molar-refractivity contribution in [2.75, 3.05) is 12.4 Å². The molecule has 1 fully saturated rings. The number of amides is 3. The van der Waals surface area contributed by atoms with Crippen molar-refractivity contribution in [3.05, 3.63) is 29.8 Å². The maximum absolute atomic E-state index is 12.5. The molecule has 1 aromatic rings. The molecule has 6 nitrogen and oxygen atoms in total. The van der Waals surface area contributed by atoms with Gasteiger partial charge in [-0.2, -0.15) is 0 Å². The molecule has 1 unspecified atom stereocenters. The molecule has 3 N–H and O–H groups in total. The molecular weight excluding hydrogens is 294 g/mol. The zero-order chi connectivity index (χ0) is 16.8. The van der Waals surface area contributed by atoms with Crippen LogP contribution in [0.4, 0.5) is 5.69 Å². The normalized spacial score (nSPS) is 15.7. The fourth-order valence-corrected chi connectivity index (χ4v) is 2.98. The predicted molar refractivity (Wildman–Crippen MR) is 88.0 cm³/mol. The molecule has 1 saturated carbocycles. The van der Waals surface area contributed by atoms with E-state index in [9.17, 15) is 14.4 Å². The van der Waals surface area contributed by atoms with Gasteiger partial charge in [0, 0.05) is 25.2 Å². The average Bonchev–Trinajstić information content (AvgIpc) is 3.06. The minimum atomic E-state index is -0.506. The molecule has 124 valence electrons. The first kappa shape index (κ1) is 17.0. The Morgan fingerprint density at radius 1 is 1.09 bits per heavy atom. The quantitative estimate of drug-likeness (QED) is 0.772. The minimum Gasteiger partial charge on any atom is -0.355 e. The Labute approximate surface area is 136 Å². The van der Waals surface area contributed by atoms with Crippen molar-refractivity contribution in [3.8, 4) is 0 Å². The summed E-state index contributed by atoms with van der Waals surface area (Å²) in [5, 5.41) is 8.13. The Morgan fingerprint density at radius 2 is 1.70 bits per heavy atom. The predicted octanol–water partition coefficient (Wildman–Crippen LogP) is 1.68. The summed E-state index contributed by atoms with van der Waals surface area (Å²) in [7, 11) is 1.57. The lowest BCUT2D eigenvalue weighted by molar-refractivity contribution is -0.126. The summed E-state index contributed by atoms with van der Waals surface area (Å²) in [6.45, 7) is 1.42. The average molecular weight is 317 g/mol. The van der Waals surface area contributed by atoms with Gasteiger partial charge in [0.25, 0.3) is 5.91 Å². The molecule has 3 amide bonds. The molecule has 1 atom stereocenters. The van der Waals surface area contributed by atoms with E-state index in [1.807, 2.05) is 0 Å². The Hall–Kier alpha value is -2.37. The van der Waals surface area contributed by atoms with Crippen LogP contribution in [0.5, 0.6) is 0 Å². The second kappa shape index (κ2) is 7.76. The van der Waals surface area contributed by atoms with Crippen molar-refractivity contribution < 1.29 is 14.4 Å². The van der Waals surface area contributed by atoms with Gasteiger partial charge in [0.15, 0.2) is 0 Å². The van der Waals surface area contributed by atoms with Gasteiger partial charge in [-0.1, -0.05) is 12.8 Å². The standard InChI is InChI=1S/C17H23N3O3/c1-11(21)19-15(12-5-3-4-6-12)17(23)20-14-9-7-13(8-10-14)16(22)18-2/h7-10,12,15H,3-6H2,1-2H3,(H,18,22)(H,19,21)(H,20,23). The largest absolute Gasteiger partial charge is 0.355 e. The number of hydrogen-bond donors (Lipinski definition) is 3. The highest BCUT2D eigenvalue weighted by Gasteiger charge is 2.31. The molecule has 2 rings (SSSR count). The van der Waals surface area contributed by atoms with Gasteiger partial charge in [-0.3, -0.25) is 14.4 Å². The highest BCUT2D eigenvalue weighted by atomic mass is 16.2. The Morgan fingerprint density at radius 3 is 2.22 bits per heavy atom. The summed E-state index contributed by atoms with van der Waals surface area (Å²) in [5.74, 6) is -0.402. The van der Waals surface area contributed by atoms with Crippen molar-refractivity contribution in [3.63, 3.8) is 0 Å². The summed E-state index contributed by atoms with van der Waals surface area (Å²) in [6, 6.07) is 6.16. The molecule has 1 aliphatic rings. The second-order valence-electron chi connectivity index (χ2n) is 5.87. The minimum absolute atomic E-state index is 0.176. The van der Waals surface area contributed by atoms with Gasteiger partial charge in [-0.05, 0) is 43.0 Å². The molecular formula is C17H23N3O3. The van der Waals surface area contributed by atoms with Crippen LogP contribution in [-0.4, -0.2) is 30.8 Å². The Bertz CT molecular complexity index is 577. The first-order valence-electron chi connectivity index (χ1n) is 7.91. The lowest BCUT2D eigenvalue weighted by Gasteiger charge is -2.23. The Kier molecular flexibility index (Phi) is 5.73. The van der Waals surface area contributed by atoms with E-state index in [2.05, 4.69) is 16.0 Å². The van der Waals surface area contributed by atoms with E-state index in [4.69, 9.17) is 0 Å². The molecule has 0 radical (unpaired) electrons. The first-order valence-corrected chi connectivity index (χ1v) is 7.91. The molecule has 6 heteroatoms. The summed E-state index contributed by atoms with van der Waals surface area (Å²) >= 11 is 0. The monoisotopic (exact) mass is 317 g/mol. The molecule has 0 bridgehead atoms. The van der Waals surface area contributed by atoms with Crippen molar-refractivity contribution in [2.45, 2.75) is 38.6 Å². The van der Waals surface area contributed by atoms with Crippen LogP contribution in [-0.2, 0) is 9.59 Å². The molecule has 0 aliphatic heterocycles. The van der Waals surface area contributed by atoms with Crippen LogP contribution in [0.3, 0.4) is 0 Å². The maximum atomic E-state index is 12.5. The van der Waals surface area contributed by atoms with Crippen LogP contribution < -0.4 is 16.0 Å². The Balaban J connectivity index is 2.05. The van der Waals surface area contributed by atoms with Crippen molar-refractivity contribution in [1.29, 1.82) is 0 Å². The number of benzene rings is 1. The van der Waals surface area contributed by atoms with Gasteiger partial charge in [-0.25, -0.2) is 0 Å². The van der Waals surface area contributed by atoms with Gasteiger partial charge >= 0.3 is 0 Å². The van der Waals surface area contributed by atoms with Gasteiger partial charge in [-0.15, -0.1) is 0 Å². The van der Waals surface area contributed by atoms with E-state index in [1.165, 1.54) is 6.92 Å². The summed E-state index contributed by atoms with van der Waals surface area (Å²) in [4.78, 5) is 35.4. The topological polar surface area (TPSA) is 87.3 Å². The number of hydrogen-bond acceptors (Lipinski definition) is 3. The van der Waals surface area contributed by atoms with Gasteiger partial charge < -0.3 is 16.0 Å². The zero-order valence-electron chi connectivity index (χ0n) is 13.5. The van der Waals surface area contributed by atoms with E-state index in [0.717, 1.165) is 25.7 Å². The van der Waals surface area contributed by atoms with Crippen LogP contribution in [0.15, 0.2) is 24.3 Å². The van der Waals surface area contributed by atoms with Crippen LogP contribution in [0.1, 0.15) is 43.0 Å². The zero-order valence-corrected chi connectivity index (χ0v) is 13.5. The van der Waals surface area contributed by atoms with Crippen LogP contribution in [0, 0.1) is 5.92 Å². The van der Waals surface area contributed by atoms with Crippen LogP contribution in [0.25, 0.3) is 0 Å². The molecule has 1 aromatic carbocycles. The van der Waals surface area contributed by atoms with Gasteiger partial charge in [0.1, 0.15) is 6.04 Å². The molecule has 0 aromatic heterocycles. The number of carbonyl (C=O) groups excluding carboxylic acids is 3. The van der Waals surface area contributed by atoms with E-state index < -0.39 is 6.04 Å². The fraction of sp³-hybridized carbons (Fsp3) is 0.471. The number of carbonyl (C=O) groups is 3. The van der Waals surface area contributed by atoms with Crippen molar-refractivity contribution >= 4 is 23.4 Å². The highest BCUT2D eigenvalue weighted by Crippen LogP contribution is 2.28. The molecule has 0 heterocycles. The third-order valence-electron chi connectivity index (χ3n) is 4.15. The van der Waals surface area contributed by atoms with Crippen molar-refractivity contribution in [2.24, 2.45) is 5.92 Å². The van der Waals surface area contributed by atoms with E-state index >= 15 is 0 Å². The molecule has 23 heavy (non-hydrogen) atoms. The number of rotatable bonds is 5. The summed E-state index contributed by atoms with van der Waals surface area (Å²) < 4.78 is 0. The second-order valence-corrected chi connectivity index (χ2v) is 5.87.